The molecule has 4 rings (SSSR count). The first-order valence-corrected chi connectivity index (χ1v) is 10.4. The highest BCUT2D eigenvalue weighted by atomic mass is 32.2. The van der Waals surface area contributed by atoms with Crippen molar-refractivity contribution < 1.29 is 14.3 Å². The number of aromatic nitrogens is 2. The van der Waals surface area contributed by atoms with Gasteiger partial charge in [-0.1, -0.05) is 24.3 Å². The maximum atomic E-state index is 12.5. The van der Waals surface area contributed by atoms with Crippen molar-refractivity contribution in [2.75, 3.05) is 25.3 Å². The highest BCUT2D eigenvalue weighted by Crippen LogP contribution is 2.35. The summed E-state index contributed by atoms with van der Waals surface area (Å²) in [4.78, 5) is 12.5. The van der Waals surface area contributed by atoms with E-state index in [0.717, 1.165) is 22.7 Å². The third-order valence-electron chi connectivity index (χ3n) is 4.64. The lowest BCUT2D eigenvalue weighted by molar-refractivity contribution is -0.113. The molecular formula is C22H22N4O3S. The molecule has 0 fully saturated rings. The molecule has 8 heteroatoms. The van der Waals surface area contributed by atoms with E-state index in [-0.39, 0.29) is 17.0 Å². The Kier molecular flexibility index (Phi) is 5.94. The first-order valence-electron chi connectivity index (χ1n) is 9.39. The summed E-state index contributed by atoms with van der Waals surface area (Å²) >= 11 is 1.49. The minimum atomic E-state index is -0.102. The van der Waals surface area contributed by atoms with Gasteiger partial charge in [-0.2, -0.15) is 5.10 Å². The van der Waals surface area contributed by atoms with E-state index in [2.05, 4.69) is 15.7 Å². The summed E-state index contributed by atoms with van der Waals surface area (Å²) in [5, 5.41) is 10.8. The molecule has 0 radical (unpaired) electrons. The van der Waals surface area contributed by atoms with Crippen LogP contribution in [-0.2, 0) is 4.79 Å². The number of hydrogen-bond donors (Lipinski definition) is 2. The van der Waals surface area contributed by atoms with Crippen LogP contribution in [0, 0.1) is 0 Å². The number of carbonyl (C=O) groups excluding carboxylic acids is 1. The summed E-state index contributed by atoms with van der Waals surface area (Å²) in [6.45, 7) is 0. The lowest BCUT2D eigenvalue weighted by atomic mass is 10.1. The zero-order valence-electron chi connectivity index (χ0n) is 16.7. The van der Waals surface area contributed by atoms with Gasteiger partial charge in [0, 0.05) is 18.0 Å². The molecule has 0 saturated heterocycles. The fourth-order valence-corrected chi connectivity index (χ4v) is 4.14. The molecule has 2 aromatic carbocycles. The van der Waals surface area contributed by atoms with Gasteiger partial charge in [-0.25, -0.2) is 4.68 Å². The molecule has 7 nitrogen and oxygen atoms in total. The largest absolute Gasteiger partial charge is 0.496 e. The highest BCUT2D eigenvalue weighted by Gasteiger charge is 2.22. The number of methoxy groups -OCH3 is 2. The fraction of sp³-hybridized carbons (Fsp3) is 0.182. The van der Waals surface area contributed by atoms with E-state index in [4.69, 9.17) is 9.47 Å². The molecule has 1 aliphatic heterocycles. The zero-order valence-corrected chi connectivity index (χ0v) is 17.5. The molecule has 154 valence electrons. The van der Waals surface area contributed by atoms with E-state index in [0.29, 0.717) is 11.4 Å². The third-order valence-corrected chi connectivity index (χ3v) is 5.78. The molecule has 3 aromatic rings. The van der Waals surface area contributed by atoms with Crippen molar-refractivity contribution in [2.24, 2.45) is 0 Å². The molecule has 0 spiro atoms. The van der Waals surface area contributed by atoms with Gasteiger partial charge in [-0.05, 0) is 30.3 Å². The van der Waals surface area contributed by atoms with Crippen molar-refractivity contribution in [3.8, 4) is 22.8 Å². The lowest BCUT2D eigenvalue weighted by Gasteiger charge is -2.20. The second-order valence-electron chi connectivity index (χ2n) is 6.52. The fourth-order valence-electron chi connectivity index (χ4n) is 3.23. The summed E-state index contributed by atoms with van der Waals surface area (Å²) in [5.74, 6) is 1.58. The van der Waals surface area contributed by atoms with Crippen molar-refractivity contribution in [3.63, 3.8) is 0 Å². The molecule has 0 saturated carbocycles. The first-order chi connectivity index (χ1) is 14.7. The van der Waals surface area contributed by atoms with Crippen LogP contribution in [0.4, 0.5) is 5.69 Å². The highest BCUT2D eigenvalue weighted by molar-refractivity contribution is 8.00. The summed E-state index contributed by atoms with van der Waals surface area (Å²) in [6.07, 6.45) is 3.70. The Morgan fingerprint density at radius 3 is 2.67 bits per heavy atom. The second-order valence-corrected chi connectivity index (χ2v) is 7.61. The van der Waals surface area contributed by atoms with E-state index in [1.807, 2.05) is 71.7 Å². The quantitative estimate of drug-likeness (QED) is 0.600. The third kappa shape index (κ3) is 4.13. The number of para-hydroxylation sites is 3. The standard InChI is InChI=1S/C22H22N4O3S/c1-28-19-9-5-3-7-15(19)17-13-18-22(23-11-12-26(18)25-17)30-14-21(27)24-16-8-4-6-10-20(16)29-2/h3-13,22-23H,14H2,1-2H3,(H,24,27)/t22-/m0/s1. The van der Waals surface area contributed by atoms with Gasteiger partial charge in [0.2, 0.25) is 5.91 Å². The first kappa shape index (κ1) is 19.9. The summed E-state index contributed by atoms with van der Waals surface area (Å²) < 4.78 is 12.6. The average molecular weight is 423 g/mol. The molecule has 30 heavy (non-hydrogen) atoms. The Labute approximate surface area is 179 Å². The van der Waals surface area contributed by atoms with Crippen molar-refractivity contribution in [1.29, 1.82) is 0 Å². The van der Waals surface area contributed by atoms with Crippen LogP contribution in [0.25, 0.3) is 17.5 Å². The molecule has 0 bridgehead atoms. The van der Waals surface area contributed by atoms with Gasteiger partial charge in [0.1, 0.15) is 16.9 Å². The molecule has 1 amide bonds. The van der Waals surface area contributed by atoms with E-state index < -0.39 is 0 Å². The van der Waals surface area contributed by atoms with Crippen LogP contribution in [0.2, 0.25) is 0 Å². The van der Waals surface area contributed by atoms with Crippen molar-refractivity contribution in [3.05, 3.63) is 66.5 Å². The zero-order chi connectivity index (χ0) is 20.9. The van der Waals surface area contributed by atoms with E-state index in [9.17, 15) is 4.79 Å². The van der Waals surface area contributed by atoms with Crippen LogP contribution in [-0.4, -0.2) is 35.7 Å². The predicted molar refractivity (Wildman–Crippen MR) is 120 cm³/mol. The molecule has 1 aromatic heterocycles. The minimum absolute atomic E-state index is 0.100. The number of amides is 1. The molecule has 1 aliphatic rings. The van der Waals surface area contributed by atoms with Crippen LogP contribution >= 0.6 is 11.8 Å². The van der Waals surface area contributed by atoms with Crippen LogP contribution in [0.1, 0.15) is 11.1 Å². The normalized spacial score (nSPS) is 14.5. The van der Waals surface area contributed by atoms with Gasteiger partial charge in [0.05, 0.1) is 37.0 Å². The topological polar surface area (TPSA) is 77.4 Å². The summed E-state index contributed by atoms with van der Waals surface area (Å²) in [5.41, 5.74) is 3.37. The average Bonchev–Trinajstić information content (AvgIpc) is 3.23. The Balaban J connectivity index is 1.46. The monoisotopic (exact) mass is 422 g/mol. The number of ether oxygens (including phenoxy) is 2. The van der Waals surface area contributed by atoms with Gasteiger partial charge >= 0.3 is 0 Å². The molecule has 0 unspecified atom stereocenters. The Morgan fingerprint density at radius 1 is 1.13 bits per heavy atom. The lowest BCUT2D eigenvalue weighted by Crippen LogP contribution is -2.23. The maximum Gasteiger partial charge on any atom is 0.234 e. The maximum absolute atomic E-state index is 12.5. The van der Waals surface area contributed by atoms with Crippen LogP contribution in [0.15, 0.2) is 60.8 Å². The molecule has 1 atom stereocenters. The van der Waals surface area contributed by atoms with Crippen molar-refractivity contribution in [2.45, 2.75) is 5.37 Å². The number of carbonyl (C=O) groups is 1. The van der Waals surface area contributed by atoms with Gasteiger partial charge in [-0.15, -0.1) is 11.8 Å². The number of benzene rings is 2. The summed E-state index contributed by atoms with van der Waals surface area (Å²) in [7, 11) is 3.23. The minimum Gasteiger partial charge on any atom is -0.496 e. The molecular weight excluding hydrogens is 400 g/mol. The van der Waals surface area contributed by atoms with E-state index in [1.165, 1.54) is 11.8 Å². The number of anilines is 1. The van der Waals surface area contributed by atoms with Crippen molar-refractivity contribution in [1.82, 2.24) is 15.1 Å². The number of thioether (sulfide) groups is 1. The van der Waals surface area contributed by atoms with Crippen LogP contribution in [0.3, 0.4) is 0 Å². The second kappa shape index (κ2) is 8.96. The smallest absolute Gasteiger partial charge is 0.234 e. The van der Waals surface area contributed by atoms with Gasteiger partial charge in [0.15, 0.2) is 0 Å². The van der Waals surface area contributed by atoms with Gasteiger partial charge in [-0.3, -0.25) is 4.79 Å². The van der Waals surface area contributed by atoms with Gasteiger partial charge in [0.25, 0.3) is 0 Å². The summed E-state index contributed by atoms with van der Waals surface area (Å²) in [6, 6.07) is 17.1. The number of rotatable bonds is 7. The number of nitrogens with zero attached hydrogens (tertiary/aromatic N) is 2. The molecule has 2 heterocycles. The molecule has 2 N–H and O–H groups in total. The predicted octanol–water partition coefficient (Wildman–Crippen LogP) is 3.97. The van der Waals surface area contributed by atoms with Crippen LogP contribution in [0.5, 0.6) is 11.5 Å². The SMILES string of the molecule is COc1ccccc1NC(=O)CS[C@@H]1NC=Cn2nc(-c3ccccc3OC)cc21. The Morgan fingerprint density at radius 2 is 1.87 bits per heavy atom. The Bertz CT molecular complexity index is 1080. The van der Waals surface area contributed by atoms with Gasteiger partial charge < -0.3 is 20.1 Å². The Hall–Kier alpha value is -3.39. The van der Waals surface area contributed by atoms with Crippen LogP contribution < -0.4 is 20.1 Å². The number of nitrogens with one attached hydrogen (secondary N) is 2. The van der Waals surface area contributed by atoms with Crippen molar-refractivity contribution >= 4 is 29.6 Å². The number of fused-ring (bicyclic) bond motifs is 1. The number of hydrogen-bond acceptors (Lipinski definition) is 6. The molecule has 0 aliphatic carbocycles. The van der Waals surface area contributed by atoms with E-state index >= 15 is 0 Å². The van der Waals surface area contributed by atoms with E-state index in [1.54, 1.807) is 14.2 Å².